The molecule has 0 unspecified atom stereocenters. The van der Waals surface area contributed by atoms with Gasteiger partial charge in [0, 0.05) is 17.3 Å². The minimum atomic E-state index is 0.0133. The number of nitrogen functional groups attached to an aromatic ring is 2. The summed E-state index contributed by atoms with van der Waals surface area (Å²) in [5.74, 6) is 0.0668. The maximum absolute atomic E-state index is 9.25. The molecule has 0 aliphatic rings. The first-order valence-corrected chi connectivity index (χ1v) is 6.92. The van der Waals surface area contributed by atoms with Crippen molar-refractivity contribution in [2.45, 2.75) is 0 Å². The average Bonchev–Trinajstić information content (AvgIpc) is 2.61. The summed E-state index contributed by atoms with van der Waals surface area (Å²) < 4.78 is 0. The van der Waals surface area contributed by atoms with Crippen LogP contribution in [0.2, 0.25) is 0 Å². The van der Waals surface area contributed by atoms with E-state index in [1.54, 1.807) is 24.3 Å². The topological polar surface area (TPSA) is 138 Å². The van der Waals surface area contributed by atoms with Gasteiger partial charge < -0.3 is 11.5 Å². The standard InChI is InChI=1S/C17H11N7/c18-7-10-1-6-14(22-9-10)11-2-4-12(5-3-11)15-13(8-19)16(20)24-17(21)23-15/h1-6,9H,(H4,20,21,23,24). The fourth-order valence-electron chi connectivity index (χ4n) is 2.24. The van der Waals surface area contributed by atoms with Crippen molar-refractivity contribution >= 4 is 11.8 Å². The smallest absolute Gasteiger partial charge is 0.222 e. The quantitative estimate of drug-likeness (QED) is 0.738. The van der Waals surface area contributed by atoms with Gasteiger partial charge in [-0.05, 0) is 12.1 Å². The molecule has 0 bridgehead atoms. The first-order valence-electron chi connectivity index (χ1n) is 6.92. The molecule has 7 heteroatoms. The fraction of sp³-hybridized carbons (Fsp3) is 0. The zero-order chi connectivity index (χ0) is 17.1. The third kappa shape index (κ3) is 2.70. The first-order chi connectivity index (χ1) is 11.6. The van der Waals surface area contributed by atoms with Gasteiger partial charge >= 0.3 is 0 Å². The van der Waals surface area contributed by atoms with Crippen molar-refractivity contribution in [2.24, 2.45) is 0 Å². The summed E-state index contributed by atoms with van der Waals surface area (Å²) in [5, 5.41) is 18.1. The van der Waals surface area contributed by atoms with E-state index in [-0.39, 0.29) is 17.3 Å². The van der Waals surface area contributed by atoms with Crippen LogP contribution in [-0.2, 0) is 0 Å². The van der Waals surface area contributed by atoms with E-state index in [1.807, 2.05) is 24.3 Å². The molecule has 0 aliphatic heterocycles. The molecule has 0 aliphatic carbocycles. The second-order valence-corrected chi connectivity index (χ2v) is 4.92. The molecular formula is C17H11N7. The number of nitriles is 2. The summed E-state index contributed by atoms with van der Waals surface area (Å²) in [4.78, 5) is 12.2. The van der Waals surface area contributed by atoms with Crippen LogP contribution in [0.25, 0.3) is 22.5 Å². The molecule has 4 N–H and O–H groups in total. The number of nitrogens with two attached hydrogens (primary N) is 2. The lowest BCUT2D eigenvalue weighted by Gasteiger charge is -2.07. The fourth-order valence-corrected chi connectivity index (χ4v) is 2.24. The Kier molecular flexibility index (Phi) is 3.76. The Hall–Kier alpha value is -3.97. The third-order valence-electron chi connectivity index (χ3n) is 3.41. The summed E-state index contributed by atoms with van der Waals surface area (Å²) in [6, 6.07) is 14.8. The van der Waals surface area contributed by atoms with Gasteiger partial charge in [-0.25, -0.2) is 4.98 Å². The van der Waals surface area contributed by atoms with Gasteiger partial charge in [-0.3, -0.25) is 4.98 Å². The number of anilines is 2. The lowest BCUT2D eigenvalue weighted by Crippen LogP contribution is -2.04. The molecule has 24 heavy (non-hydrogen) atoms. The largest absolute Gasteiger partial charge is 0.382 e. The van der Waals surface area contributed by atoms with Crippen LogP contribution in [0.15, 0.2) is 42.6 Å². The van der Waals surface area contributed by atoms with Crippen LogP contribution in [0, 0.1) is 22.7 Å². The molecule has 7 nitrogen and oxygen atoms in total. The molecule has 3 aromatic rings. The highest BCUT2D eigenvalue weighted by Gasteiger charge is 2.13. The van der Waals surface area contributed by atoms with E-state index in [2.05, 4.69) is 15.0 Å². The number of hydrogen-bond acceptors (Lipinski definition) is 7. The number of pyridine rings is 1. The maximum Gasteiger partial charge on any atom is 0.222 e. The van der Waals surface area contributed by atoms with Gasteiger partial charge in [-0.1, -0.05) is 24.3 Å². The zero-order valence-corrected chi connectivity index (χ0v) is 12.4. The lowest BCUT2D eigenvalue weighted by molar-refractivity contribution is 1.18. The maximum atomic E-state index is 9.25. The molecule has 3 rings (SSSR count). The predicted molar refractivity (Wildman–Crippen MR) is 89.0 cm³/mol. The Morgan fingerprint density at radius 2 is 1.54 bits per heavy atom. The Morgan fingerprint density at radius 3 is 2.12 bits per heavy atom. The van der Waals surface area contributed by atoms with Crippen molar-refractivity contribution in [1.29, 1.82) is 10.5 Å². The Morgan fingerprint density at radius 1 is 0.833 bits per heavy atom. The van der Waals surface area contributed by atoms with E-state index in [0.29, 0.717) is 16.8 Å². The Labute approximate surface area is 137 Å². The minimum Gasteiger partial charge on any atom is -0.382 e. The Bertz CT molecular complexity index is 978. The molecule has 114 valence electrons. The molecule has 0 fully saturated rings. The van der Waals surface area contributed by atoms with E-state index < -0.39 is 0 Å². The van der Waals surface area contributed by atoms with Gasteiger partial charge in [0.1, 0.15) is 23.5 Å². The summed E-state index contributed by atoms with van der Waals surface area (Å²) in [7, 11) is 0. The van der Waals surface area contributed by atoms with Gasteiger partial charge in [0.05, 0.1) is 17.0 Å². The lowest BCUT2D eigenvalue weighted by atomic mass is 10.0. The summed E-state index contributed by atoms with van der Waals surface area (Å²) in [6.07, 6.45) is 1.52. The van der Waals surface area contributed by atoms with E-state index in [0.717, 1.165) is 11.3 Å². The molecule has 0 radical (unpaired) electrons. The highest BCUT2D eigenvalue weighted by molar-refractivity contribution is 5.75. The van der Waals surface area contributed by atoms with Crippen LogP contribution < -0.4 is 11.5 Å². The van der Waals surface area contributed by atoms with Crippen LogP contribution in [0.4, 0.5) is 11.8 Å². The summed E-state index contributed by atoms with van der Waals surface area (Å²) in [6.45, 7) is 0. The predicted octanol–water partition coefficient (Wildman–Crippen LogP) is 2.11. The van der Waals surface area contributed by atoms with E-state index in [1.165, 1.54) is 6.20 Å². The van der Waals surface area contributed by atoms with Gasteiger partial charge in [0.2, 0.25) is 5.95 Å². The van der Waals surface area contributed by atoms with Crippen LogP contribution >= 0.6 is 0 Å². The number of hydrogen-bond donors (Lipinski definition) is 2. The van der Waals surface area contributed by atoms with E-state index in [9.17, 15) is 5.26 Å². The van der Waals surface area contributed by atoms with Gasteiger partial charge in [-0.15, -0.1) is 0 Å². The number of nitrogens with zero attached hydrogens (tertiary/aromatic N) is 5. The van der Waals surface area contributed by atoms with Crippen molar-refractivity contribution in [3.8, 4) is 34.7 Å². The van der Waals surface area contributed by atoms with Crippen LogP contribution in [-0.4, -0.2) is 15.0 Å². The minimum absolute atomic E-state index is 0.0133. The summed E-state index contributed by atoms with van der Waals surface area (Å²) in [5.41, 5.74) is 14.7. The zero-order valence-electron chi connectivity index (χ0n) is 12.4. The van der Waals surface area contributed by atoms with Crippen LogP contribution in [0.5, 0.6) is 0 Å². The Balaban J connectivity index is 2.01. The van der Waals surface area contributed by atoms with Crippen molar-refractivity contribution in [2.75, 3.05) is 11.5 Å². The summed E-state index contributed by atoms with van der Waals surface area (Å²) >= 11 is 0. The van der Waals surface area contributed by atoms with Crippen molar-refractivity contribution < 1.29 is 0 Å². The molecule has 0 spiro atoms. The van der Waals surface area contributed by atoms with Gasteiger partial charge in [0.15, 0.2) is 0 Å². The molecular weight excluding hydrogens is 302 g/mol. The molecule has 0 saturated carbocycles. The number of benzene rings is 1. The number of aromatic nitrogens is 3. The molecule has 1 aromatic carbocycles. The average molecular weight is 313 g/mol. The van der Waals surface area contributed by atoms with E-state index in [4.69, 9.17) is 16.7 Å². The van der Waals surface area contributed by atoms with Crippen molar-refractivity contribution in [3.05, 3.63) is 53.7 Å². The third-order valence-corrected chi connectivity index (χ3v) is 3.41. The molecule has 0 amide bonds. The SMILES string of the molecule is N#Cc1ccc(-c2ccc(-c3nc(N)nc(N)c3C#N)cc2)nc1. The highest BCUT2D eigenvalue weighted by Crippen LogP contribution is 2.27. The van der Waals surface area contributed by atoms with Gasteiger partial charge in [0.25, 0.3) is 0 Å². The molecule has 0 atom stereocenters. The molecule has 2 aromatic heterocycles. The van der Waals surface area contributed by atoms with Crippen molar-refractivity contribution in [3.63, 3.8) is 0 Å². The number of rotatable bonds is 2. The highest BCUT2D eigenvalue weighted by atomic mass is 15.0. The van der Waals surface area contributed by atoms with Gasteiger partial charge in [-0.2, -0.15) is 15.5 Å². The monoisotopic (exact) mass is 313 g/mol. The molecule has 0 saturated heterocycles. The molecule has 2 heterocycles. The van der Waals surface area contributed by atoms with Crippen LogP contribution in [0.1, 0.15) is 11.1 Å². The first kappa shape index (κ1) is 14.9. The van der Waals surface area contributed by atoms with E-state index >= 15 is 0 Å². The van der Waals surface area contributed by atoms with Crippen LogP contribution in [0.3, 0.4) is 0 Å². The second kappa shape index (κ2) is 6.03. The van der Waals surface area contributed by atoms with Crippen molar-refractivity contribution in [1.82, 2.24) is 15.0 Å². The second-order valence-electron chi connectivity index (χ2n) is 4.92. The normalized spacial score (nSPS) is 9.92.